The standard InChI is InChI=1S/C12H7F2N3/c13-10-4-7(5-11(14)17-10)9-6-16-12-8(9)2-1-3-15-12/h1-6H,(H,15,16). The van der Waals surface area contributed by atoms with E-state index in [0.29, 0.717) is 16.8 Å². The predicted molar refractivity (Wildman–Crippen MR) is 59.2 cm³/mol. The lowest BCUT2D eigenvalue weighted by Gasteiger charge is -1.99. The fraction of sp³-hybridized carbons (Fsp3) is 0. The summed E-state index contributed by atoms with van der Waals surface area (Å²) in [6.45, 7) is 0. The van der Waals surface area contributed by atoms with E-state index in [1.807, 2.05) is 6.07 Å². The van der Waals surface area contributed by atoms with Crippen LogP contribution in [0.15, 0.2) is 36.7 Å². The zero-order valence-electron chi connectivity index (χ0n) is 8.61. The number of pyridine rings is 2. The molecule has 0 saturated carbocycles. The Morgan fingerprint density at radius 2 is 1.88 bits per heavy atom. The monoisotopic (exact) mass is 231 g/mol. The first-order valence-corrected chi connectivity index (χ1v) is 4.99. The minimum Gasteiger partial charge on any atom is -0.346 e. The van der Waals surface area contributed by atoms with Crippen molar-refractivity contribution in [2.75, 3.05) is 0 Å². The number of hydrogen-bond donors (Lipinski definition) is 1. The number of nitrogens with zero attached hydrogens (tertiary/aromatic N) is 2. The lowest BCUT2D eigenvalue weighted by molar-refractivity contribution is 0.513. The highest BCUT2D eigenvalue weighted by atomic mass is 19.1. The Morgan fingerprint density at radius 1 is 1.12 bits per heavy atom. The fourth-order valence-corrected chi connectivity index (χ4v) is 1.82. The first kappa shape index (κ1) is 9.89. The topological polar surface area (TPSA) is 41.6 Å². The molecule has 3 rings (SSSR count). The minimum atomic E-state index is -0.835. The van der Waals surface area contributed by atoms with Crippen LogP contribution in [0, 0.1) is 11.9 Å². The third-order valence-corrected chi connectivity index (χ3v) is 2.52. The summed E-state index contributed by atoms with van der Waals surface area (Å²) in [5.74, 6) is -1.67. The molecule has 17 heavy (non-hydrogen) atoms. The summed E-state index contributed by atoms with van der Waals surface area (Å²) < 4.78 is 26.1. The minimum absolute atomic E-state index is 0.439. The van der Waals surface area contributed by atoms with Crippen LogP contribution in [0.5, 0.6) is 0 Å². The van der Waals surface area contributed by atoms with E-state index in [4.69, 9.17) is 0 Å². The molecule has 0 aliphatic heterocycles. The summed E-state index contributed by atoms with van der Waals surface area (Å²) in [4.78, 5) is 10.1. The molecule has 0 aromatic carbocycles. The van der Waals surface area contributed by atoms with Crippen molar-refractivity contribution in [2.45, 2.75) is 0 Å². The summed E-state index contributed by atoms with van der Waals surface area (Å²) in [7, 11) is 0. The maximum absolute atomic E-state index is 13.0. The van der Waals surface area contributed by atoms with Crippen LogP contribution >= 0.6 is 0 Å². The van der Waals surface area contributed by atoms with Crippen LogP contribution < -0.4 is 0 Å². The molecule has 0 aliphatic carbocycles. The van der Waals surface area contributed by atoms with Crippen LogP contribution in [0.2, 0.25) is 0 Å². The van der Waals surface area contributed by atoms with Crippen molar-refractivity contribution in [3.05, 3.63) is 48.6 Å². The zero-order valence-corrected chi connectivity index (χ0v) is 8.61. The molecule has 0 spiro atoms. The van der Waals surface area contributed by atoms with Crippen LogP contribution in [-0.4, -0.2) is 15.0 Å². The molecule has 0 radical (unpaired) electrons. The van der Waals surface area contributed by atoms with E-state index >= 15 is 0 Å². The molecular formula is C12H7F2N3. The van der Waals surface area contributed by atoms with Crippen LogP contribution in [0.25, 0.3) is 22.2 Å². The summed E-state index contributed by atoms with van der Waals surface area (Å²) in [5.41, 5.74) is 1.82. The van der Waals surface area contributed by atoms with Crippen LogP contribution in [0.1, 0.15) is 0 Å². The number of H-pyrrole nitrogens is 1. The molecule has 0 unspecified atom stereocenters. The Bertz CT molecular complexity index is 671. The molecule has 3 nitrogen and oxygen atoms in total. The SMILES string of the molecule is Fc1cc(-c2c[nH]c3ncccc23)cc(F)n1. The number of fused-ring (bicyclic) bond motifs is 1. The lowest BCUT2D eigenvalue weighted by Crippen LogP contribution is -1.89. The van der Waals surface area contributed by atoms with E-state index in [0.717, 1.165) is 5.39 Å². The molecular weight excluding hydrogens is 224 g/mol. The molecule has 3 aromatic rings. The largest absolute Gasteiger partial charge is 0.346 e. The van der Waals surface area contributed by atoms with Crippen molar-refractivity contribution in [3.63, 3.8) is 0 Å². The van der Waals surface area contributed by atoms with Gasteiger partial charge in [-0.15, -0.1) is 0 Å². The van der Waals surface area contributed by atoms with Crippen molar-refractivity contribution < 1.29 is 8.78 Å². The second kappa shape index (κ2) is 3.62. The van der Waals surface area contributed by atoms with E-state index in [9.17, 15) is 8.78 Å². The smallest absolute Gasteiger partial charge is 0.216 e. The third-order valence-electron chi connectivity index (χ3n) is 2.52. The van der Waals surface area contributed by atoms with Crippen LogP contribution in [0.3, 0.4) is 0 Å². The van der Waals surface area contributed by atoms with Gasteiger partial charge in [-0.1, -0.05) is 0 Å². The quantitative estimate of drug-likeness (QED) is 0.654. The van der Waals surface area contributed by atoms with Gasteiger partial charge in [-0.05, 0) is 17.7 Å². The average Bonchev–Trinajstić information content (AvgIpc) is 2.71. The molecule has 0 amide bonds. The van der Waals surface area contributed by atoms with Gasteiger partial charge in [0.05, 0.1) is 0 Å². The molecule has 3 heterocycles. The molecule has 0 saturated heterocycles. The van der Waals surface area contributed by atoms with Gasteiger partial charge in [0.1, 0.15) is 5.65 Å². The van der Waals surface area contributed by atoms with E-state index in [2.05, 4.69) is 15.0 Å². The van der Waals surface area contributed by atoms with Gasteiger partial charge in [0, 0.05) is 35.5 Å². The van der Waals surface area contributed by atoms with Crippen LogP contribution in [0.4, 0.5) is 8.78 Å². The second-order valence-electron chi connectivity index (χ2n) is 3.60. The molecule has 0 bridgehead atoms. The third kappa shape index (κ3) is 1.65. The average molecular weight is 231 g/mol. The van der Waals surface area contributed by atoms with Gasteiger partial charge in [0.25, 0.3) is 0 Å². The maximum atomic E-state index is 13.0. The summed E-state index contributed by atoms with van der Waals surface area (Å²) in [6.07, 6.45) is 3.32. The highest BCUT2D eigenvalue weighted by Crippen LogP contribution is 2.27. The number of aromatic nitrogens is 3. The Hall–Kier alpha value is -2.30. The van der Waals surface area contributed by atoms with Gasteiger partial charge in [0.2, 0.25) is 11.9 Å². The molecule has 1 N–H and O–H groups in total. The number of aromatic amines is 1. The van der Waals surface area contributed by atoms with Gasteiger partial charge in [-0.2, -0.15) is 13.8 Å². The molecule has 0 fully saturated rings. The highest BCUT2D eigenvalue weighted by molar-refractivity contribution is 5.93. The molecule has 0 aliphatic rings. The summed E-state index contributed by atoms with van der Waals surface area (Å²) >= 11 is 0. The Morgan fingerprint density at radius 3 is 2.65 bits per heavy atom. The Labute approximate surface area is 95.1 Å². The summed E-state index contributed by atoms with van der Waals surface area (Å²) in [5, 5.41) is 0.817. The number of hydrogen-bond acceptors (Lipinski definition) is 2. The lowest BCUT2D eigenvalue weighted by atomic mass is 10.1. The van der Waals surface area contributed by atoms with Crippen molar-refractivity contribution in [1.82, 2.24) is 15.0 Å². The summed E-state index contributed by atoms with van der Waals surface area (Å²) in [6, 6.07) is 6.00. The van der Waals surface area contributed by atoms with E-state index in [-0.39, 0.29) is 0 Å². The fourth-order valence-electron chi connectivity index (χ4n) is 1.82. The van der Waals surface area contributed by atoms with Crippen molar-refractivity contribution in [1.29, 1.82) is 0 Å². The van der Waals surface area contributed by atoms with Gasteiger partial charge in [-0.25, -0.2) is 4.98 Å². The van der Waals surface area contributed by atoms with E-state index in [1.54, 1.807) is 18.5 Å². The van der Waals surface area contributed by atoms with Crippen molar-refractivity contribution in [3.8, 4) is 11.1 Å². The first-order chi connectivity index (χ1) is 8.24. The van der Waals surface area contributed by atoms with E-state index in [1.165, 1.54) is 12.1 Å². The number of halogens is 2. The van der Waals surface area contributed by atoms with E-state index < -0.39 is 11.9 Å². The predicted octanol–water partition coefficient (Wildman–Crippen LogP) is 2.90. The van der Waals surface area contributed by atoms with Crippen LogP contribution in [-0.2, 0) is 0 Å². The van der Waals surface area contributed by atoms with Gasteiger partial charge >= 0.3 is 0 Å². The molecule has 84 valence electrons. The molecule has 5 heteroatoms. The Kier molecular flexibility index (Phi) is 2.11. The van der Waals surface area contributed by atoms with Crippen molar-refractivity contribution in [2.24, 2.45) is 0 Å². The van der Waals surface area contributed by atoms with Gasteiger partial charge < -0.3 is 4.98 Å². The molecule has 0 atom stereocenters. The zero-order chi connectivity index (χ0) is 11.8. The number of nitrogens with one attached hydrogen (secondary N) is 1. The molecule has 3 aromatic heterocycles. The van der Waals surface area contributed by atoms with Gasteiger partial charge in [0.15, 0.2) is 0 Å². The normalized spacial score (nSPS) is 10.9. The second-order valence-corrected chi connectivity index (χ2v) is 3.60. The first-order valence-electron chi connectivity index (χ1n) is 4.99. The maximum Gasteiger partial charge on any atom is 0.216 e. The van der Waals surface area contributed by atoms with Gasteiger partial charge in [-0.3, -0.25) is 0 Å². The van der Waals surface area contributed by atoms with Crippen molar-refractivity contribution >= 4 is 11.0 Å². The number of rotatable bonds is 1. The highest BCUT2D eigenvalue weighted by Gasteiger charge is 2.09. The Balaban J connectivity index is 2.27.